The predicted octanol–water partition coefficient (Wildman–Crippen LogP) is 2.00. The highest BCUT2D eigenvalue weighted by molar-refractivity contribution is 9.10. The predicted molar refractivity (Wildman–Crippen MR) is 71.1 cm³/mol. The molecular formula is C12H12BrFN4O. The lowest BCUT2D eigenvalue weighted by Gasteiger charge is -2.07. The van der Waals surface area contributed by atoms with Crippen molar-refractivity contribution in [3.8, 4) is 0 Å². The summed E-state index contributed by atoms with van der Waals surface area (Å²) in [5.41, 5.74) is 0.419. The van der Waals surface area contributed by atoms with Crippen LogP contribution in [0.5, 0.6) is 0 Å². The van der Waals surface area contributed by atoms with E-state index < -0.39 is 0 Å². The molecule has 0 saturated carbocycles. The fraction of sp³-hybridized carbons (Fsp3) is 0.250. The van der Waals surface area contributed by atoms with Crippen molar-refractivity contribution in [3.63, 3.8) is 0 Å². The van der Waals surface area contributed by atoms with Crippen molar-refractivity contribution in [1.29, 1.82) is 0 Å². The molecule has 0 aliphatic rings. The maximum absolute atomic E-state index is 12.9. The maximum Gasteiger partial charge on any atom is 0.252 e. The Hall–Kier alpha value is -1.76. The number of nitrogens with zero attached hydrogens (tertiary/aromatic N) is 3. The van der Waals surface area contributed by atoms with E-state index in [2.05, 4.69) is 31.3 Å². The first kappa shape index (κ1) is 13.7. The minimum absolute atomic E-state index is 0.231. The van der Waals surface area contributed by atoms with Crippen LogP contribution in [0.4, 0.5) is 4.39 Å². The molecule has 1 aromatic carbocycles. The van der Waals surface area contributed by atoms with Crippen LogP contribution in [-0.2, 0) is 6.54 Å². The summed E-state index contributed by atoms with van der Waals surface area (Å²) in [5.74, 6) is -0.611. The monoisotopic (exact) mass is 326 g/mol. The van der Waals surface area contributed by atoms with E-state index in [0.29, 0.717) is 23.1 Å². The second kappa shape index (κ2) is 6.42. The van der Waals surface area contributed by atoms with Crippen LogP contribution in [0.25, 0.3) is 0 Å². The van der Waals surface area contributed by atoms with Crippen LogP contribution in [0.2, 0.25) is 0 Å². The third kappa shape index (κ3) is 3.85. The van der Waals surface area contributed by atoms with Crippen LogP contribution in [0.1, 0.15) is 16.8 Å². The van der Waals surface area contributed by atoms with E-state index in [1.807, 2.05) is 0 Å². The van der Waals surface area contributed by atoms with Crippen LogP contribution in [-0.4, -0.2) is 27.2 Å². The molecule has 0 fully saturated rings. The van der Waals surface area contributed by atoms with E-state index in [-0.39, 0.29) is 11.7 Å². The Labute approximate surface area is 118 Å². The number of carbonyl (C=O) groups is 1. The number of amides is 1. The molecule has 0 saturated heterocycles. The van der Waals surface area contributed by atoms with E-state index in [4.69, 9.17) is 0 Å². The lowest BCUT2D eigenvalue weighted by Crippen LogP contribution is -2.25. The van der Waals surface area contributed by atoms with Gasteiger partial charge in [-0.25, -0.2) is 9.37 Å². The summed E-state index contributed by atoms with van der Waals surface area (Å²) < 4.78 is 15.0. The van der Waals surface area contributed by atoms with Gasteiger partial charge >= 0.3 is 0 Å². The minimum atomic E-state index is -0.380. The van der Waals surface area contributed by atoms with Gasteiger partial charge < -0.3 is 5.32 Å². The molecule has 2 rings (SSSR count). The maximum atomic E-state index is 12.9. The number of halogens is 2. The Kier molecular flexibility index (Phi) is 4.62. The Morgan fingerprint density at radius 1 is 1.47 bits per heavy atom. The molecule has 0 aliphatic carbocycles. The van der Waals surface area contributed by atoms with E-state index >= 15 is 0 Å². The molecule has 1 heterocycles. The minimum Gasteiger partial charge on any atom is -0.352 e. The Bertz CT molecular complexity index is 559. The lowest BCUT2D eigenvalue weighted by atomic mass is 10.2. The highest BCUT2D eigenvalue weighted by Crippen LogP contribution is 2.17. The van der Waals surface area contributed by atoms with Crippen LogP contribution in [0.3, 0.4) is 0 Å². The largest absolute Gasteiger partial charge is 0.352 e. The van der Waals surface area contributed by atoms with E-state index in [9.17, 15) is 9.18 Å². The summed E-state index contributed by atoms with van der Waals surface area (Å²) in [5, 5.41) is 6.73. The first-order valence-electron chi connectivity index (χ1n) is 5.72. The Morgan fingerprint density at radius 3 is 3.00 bits per heavy atom. The number of hydrogen-bond acceptors (Lipinski definition) is 3. The topological polar surface area (TPSA) is 59.8 Å². The van der Waals surface area contributed by atoms with Gasteiger partial charge in [0.15, 0.2) is 0 Å². The fourth-order valence-corrected chi connectivity index (χ4v) is 2.09. The van der Waals surface area contributed by atoms with Gasteiger partial charge in [-0.05, 0) is 40.5 Å². The van der Waals surface area contributed by atoms with Gasteiger partial charge in [0, 0.05) is 17.6 Å². The van der Waals surface area contributed by atoms with E-state index in [1.165, 1.54) is 24.5 Å². The molecule has 7 heteroatoms. The van der Waals surface area contributed by atoms with Crippen molar-refractivity contribution in [2.45, 2.75) is 13.0 Å². The van der Waals surface area contributed by atoms with Crippen molar-refractivity contribution >= 4 is 21.8 Å². The molecule has 1 aromatic heterocycles. The number of nitrogens with one attached hydrogen (secondary N) is 1. The molecule has 0 aliphatic heterocycles. The molecule has 0 radical (unpaired) electrons. The van der Waals surface area contributed by atoms with E-state index in [0.717, 1.165) is 6.42 Å². The van der Waals surface area contributed by atoms with Crippen LogP contribution < -0.4 is 5.32 Å². The molecule has 0 spiro atoms. The smallest absolute Gasteiger partial charge is 0.252 e. The van der Waals surface area contributed by atoms with Gasteiger partial charge in [-0.2, -0.15) is 5.10 Å². The molecule has 5 nitrogen and oxygen atoms in total. The number of aryl methyl sites for hydroxylation is 1. The Morgan fingerprint density at radius 2 is 2.32 bits per heavy atom. The molecule has 0 atom stereocenters. The van der Waals surface area contributed by atoms with Crippen LogP contribution in [0, 0.1) is 5.82 Å². The van der Waals surface area contributed by atoms with Gasteiger partial charge in [0.05, 0.1) is 5.56 Å². The number of rotatable bonds is 5. The first-order valence-corrected chi connectivity index (χ1v) is 6.52. The zero-order valence-corrected chi connectivity index (χ0v) is 11.6. The van der Waals surface area contributed by atoms with Gasteiger partial charge in [-0.15, -0.1) is 0 Å². The number of hydrogen-bond donors (Lipinski definition) is 1. The summed E-state index contributed by atoms with van der Waals surface area (Å²) in [4.78, 5) is 15.7. The Balaban J connectivity index is 1.81. The van der Waals surface area contributed by atoms with Crippen LogP contribution >= 0.6 is 15.9 Å². The zero-order valence-electron chi connectivity index (χ0n) is 10.0. The van der Waals surface area contributed by atoms with Gasteiger partial charge in [-0.1, -0.05) is 0 Å². The summed E-state index contributed by atoms with van der Waals surface area (Å²) in [6.45, 7) is 1.20. The summed E-state index contributed by atoms with van der Waals surface area (Å²) in [6, 6.07) is 3.98. The molecule has 100 valence electrons. The highest BCUT2D eigenvalue weighted by atomic mass is 79.9. The average molecular weight is 327 g/mol. The quantitative estimate of drug-likeness (QED) is 0.855. The molecule has 2 aromatic rings. The molecule has 0 bridgehead atoms. The summed E-state index contributed by atoms with van der Waals surface area (Å²) in [6.07, 6.45) is 3.83. The molecular weight excluding hydrogens is 315 g/mol. The number of aromatic nitrogens is 3. The fourth-order valence-electron chi connectivity index (χ4n) is 1.56. The van der Waals surface area contributed by atoms with Crippen LogP contribution in [0.15, 0.2) is 35.3 Å². The third-order valence-electron chi connectivity index (χ3n) is 2.49. The normalized spacial score (nSPS) is 10.4. The average Bonchev–Trinajstić information content (AvgIpc) is 2.87. The SMILES string of the molecule is O=C(NCCCn1cncn1)c1ccc(F)cc1Br. The highest BCUT2D eigenvalue weighted by Gasteiger charge is 2.09. The third-order valence-corrected chi connectivity index (χ3v) is 3.15. The summed E-state index contributed by atoms with van der Waals surface area (Å²) in [7, 11) is 0. The van der Waals surface area contributed by atoms with Gasteiger partial charge in [0.2, 0.25) is 0 Å². The van der Waals surface area contributed by atoms with Gasteiger partial charge in [-0.3, -0.25) is 9.48 Å². The van der Waals surface area contributed by atoms with Gasteiger partial charge in [0.1, 0.15) is 18.5 Å². The van der Waals surface area contributed by atoms with Crippen molar-refractivity contribution in [2.24, 2.45) is 0 Å². The first-order chi connectivity index (χ1) is 9.16. The lowest BCUT2D eigenvalue weighted by molar-refractivity contribution is 0.0952. The number of carbonyl (C=O) groups excluding carboxylic acids is 1. The standard InChI is InChI=1S/C12H12BrFN4O/c13-11-6-9(14)2-3-10(11)12(19)16-4-1-5-18-8-15-7-17-18/h2-3,6-8H,1,4-5H2,(H,16,19). The van der Waals surface area contributed by atoms with Crippen molar-refractivity contribution in [2.75, 3.05) is 6.54 Å². The van der Waals surface area contributed by atoms with E-state index in [1.54, 1.807) is 11.0 Å². The second-order valence-electron chi connectivity index (χ2n) is 3.89. The second-order valence-corrected chi connectivity index (χ2v) is 4.75. The van der Waals surface area contributed by atoms with Gasteiger partial charge in [0.25, 0.3) is 5.91 Å². The van der Waals surface area contributed by atoms with Crippen molar-refractivity contribution in [3.05, 3.63) is 46.7 Å². The molecule has 0 unspecified atom stereocenters. The van der Waals surface area contributed by atoms with Crippen molar-refractivity contribution < 1.29 is 9.18 Å². The molecule has 1 N–H and O–H groups in total. The molecule has 1 amide bonds. The zero-order chi connectivity index (χ0) is 13.7. The number of benzene rings is 1. The summed E-state index contributed by atoms with van der Waals surface area (Å²) >= 11 is 3.16. The van der Waals surface area contributed by atoms with Crippen molar-refractivity contribution in [1.82, 2.24) is 20.1 Å². The molecule has 19 heavy (non-hydrogen) atoms.